The fraction of sp³-hybridized carbons (Fsp3) is 0.294. The number of pyridine rings is 1. The maximum atomic E-state index is 9.43. The summed E-state index contributed by atoms with van der Waals surface area (Å²) in [4.78, 5) is 6.22. The Morgan fingerprint density at radius 3 is 2.83 bits per heavy atom. The molecule has 0 bridgehead atoms. The van der Waals surface area contributed by atoms with E-state index in [1.54, 1.807) is 6.20 Å². The Bertz CT molecular complexity index is 728. The molecule has 0 N–H and O–H groups in total. The van der Waals surface area contributed by atoms with Crippen LogP contribution in [0.15, 0.2) is 36.5 Å². The Morgan fingerprint density at radius 2 is 2.13 bits per heavy atom. The van der Waals surface area contributed by atoms with Gasteiger partial charge in [-0.2, -0.15) is 5.26 Å². The number of ether oxygens (including phenoxy) is 2. The summed E-state index contributed by atoms with van der Waals surface area (Å²) in [5.41, 5.74) is 2.34. The average molecular weight is 330 g/mol. The van der Waals surface area contributed by atoms with Crippen molar-refractivity contribution in [3.63, 3.8) is 0 Å². The molecule has 0 saturated carbocycles. The third-order valence-electron chi connectivity index (χ3n) is 3.85. The molecular formula is C17H16ClN3O2. The van der Waals surface area contributed by atoms with E-state index in [0.717, 1.165) is 11.3 Å². The molecule has 0 radical (unpaired) electrons. The van der Waals surface area contributed by atoms with Gasteiger partial charge in [0.05, 0.1) is 19.4 Å². The molecule has 118 valence electrons. The first-order chi connectivity index (χ1) is 11.2. The molecule has 0 aliphatic carbocycles. The SMILES string of the molecule is COc1nccc(N2CCOC(c3ccc(Cl)cc3)C2)c1C#N. The second-order valence-electron chi connectivity index (χ2n) is 5.18. The standard InChI is InChI=1S/C17H16ClN3O2/c1-22-17-14(10-19)15(6-7-20-17)21-8-9-23-16(11-21)12-2-4-13(18)5-3-12/h2-7,16H,8-9,11H2,1H3. The van der Waals surface area contributed by atoms with Crippen molar-refractivity contribution >= 4 is 17.3 Å². The van der Waals surface area contributed by atoms with Crippen LogP contribution < -0.4 is 9.64 Å². The molecule has 3 rings (SSSR count). The second-order valence-corrected chi connectivity index (χ2v) is 5.62. The first kappa shape index (κ1) is 15.6. The molecule has 1 aromatic carbocycles. The van der Waals surface area contributed by atoms with Gasteiger partial charge in [0.15, 0.2) is 0 Å². The van der Waals surface area contributed by atoms with Crippen molar-refractivity contribution in [2.45, 2.75) is 6.10 Å². The molecule has 1 aliphatic rings. The van der Waals surface area contributed by atoms with Crippen molar-refractivity contribution in [2.75, 3.05) is 31.7 Å². The summed E-state index contributed by atoms with van der Waals surface area (Å²) in [6.07, 6.45) is 1.59. The molecule has 1 unspecified atom stereocenters. The summed E-state index contributed by atoms with van der Waals surface area (Å²) >= 11 is 5.94. The van der Waals surface area contributed by atoms with Crippen LogP contribution in [0, 0.1) is 11.3 Å². The molecular weight excluding hydrogens is 314 g/mol. The fourth-order valence-electron chi connectivity index (χ4n) is 2.70. The Kier molecular flexibility index (Phi) is 4.65. The summed E-state index contributed by atoms with van der Waals surface area (Å²) in [5, 5.41) is 10.1. The number of nitriles is 1. The van der Waals surface area contributed by atoms with Gasteiger partial charge >= 0.3 is 0 Å². The lowest BCUT2D eigenvalue weighted by atomic mass is 10.1. The van der Waals surface area contributed by atoms with E-state index in [9.17, 15) is 5.26 Å². The number of aromatic nitrogens is 1. The summed E-state index contributed by atoms with van der Waals surface area (Å²) < 4.78 is 11.1. The molecule has 23 heavy (non-hydrogen) atoms. The monoisotopic (exact) mass is 329 g/mol. The molecule has 2 heterocycles. The van der Waals surface area contributed by atoms with Crippen molar-refractivity contribution < 1.29 is 9.47 Å². The summed E-state index contributed by atoms with van der Waals surface area (Å²) in [6, 6.07) is 11.7. The Hall–Kier alpha value is -2.29. The highest BCUT2D eigenvalue weighted by molar-refractivity contribution is 6.30. The molecule has 1 atom stereocenters. The fourth-order valence-corrected chi connectivity index (χ4v) is 2.83. The number of hydrogen-bond acceptors (Lipinski definition) is 5. The molecule has 1 aromatic heterocycles. The Morgan fingerprint density at radius 1 is 1.35 bits per heavy atom. The molecule has 5 nitrogen and oxygen atoms in total. The number of anilines is 1. The van der Waals surface area contributed by atoms with E-state index in [1.807, 2.05) is 30.3 Å². The summed E-state index contributed by atoms with van der Waals surface area (Å²) in [5.74, 6) is 0.347. The third-order valence-corrected chi connectivity index (χ3v) is 4.10. The van der Waals surface area contributed by atoms with Gasteiger partial charge in [-0.05, 0) is 23.8 Å². The normalized spacial score (nSPS) is 17.6. The van der Waals surface area contributed by atoms with E-state index in [2.05, 4.69) is 16.0 Å². The van der Waals surface area contributed by atoms with Crippen molar-refractivity contribution in [3.8, 4) is 11.9 Å². The van der Waals surface area contributed by atoms with Crippen molar-refractivity contribution in [2.24, 2.45) is 0 Å². The van der Waals surface area contributed by atoms with Gasteiger partial charge in [0, 0.05) is 24.3 Å². The lowest BCUT2D eigenvalue weighted by Gasteiger charge is -2.35. The maximum Gasteiger partial charge on any atom is 0.233 e. The first-order valence-corrected chi connectivity index (χ1v) is 7.66. The predicted molar refractivity (Wildman–Crippen MR) is 87.9 cm³/mol. The number of nitrogens with zero attached hydrogens (tertiary/aromatic N) is 3. The molecule has 1 fully saturated rings. The number of methoxy groups -OCH3 is 1. The van der Waals surface area contributed by atoms with E-state index in [4.69, 9.17) is 21.1 Å². The molecule has 1 saturated heterocycles. The highest BCUT2D eigenvalue weighted by Crippen LogP contribution is 2.31. The molecule has 0 amide bonds. The minimum atomic E-state index is -0.0632. The smallest absolute Gasteiger partial charge is 0.233 e. The highest BCUT2D eigenvalue weighted by Gasteiger charge is 2.25. The topological polar surface area (TPSA) is 58.4 Å². The number of halogens is 1. The van der Waals surface area contributed by atoms with Crippen LogP contribution in [-0.4, -0.2) is 31.8 Å². The van der Waals surface area contributed by atoms with Gasteiger partial charge in [-0.15, -0.1) is 0 Å². The van der Waals surface area contributed by atoms with Crippen LogP contribution in [0.5, 0.6) is 5.88 Å². The summed E-state index contributed by atoms with van der Waals surface area (Å²) in [6.45, 7) is 1.96. The maximum absolute atomic E-state index is 9.43. The third kappa shape index (κ3) is 3.24. The van der Waals surface area contributed by atoms with Crippen LogP contribution in [0.25, 0.3) is 0 Å². The van der Waals surface area contributed by atoms with E-state index >= 15 is 0 Å². The summed E-state index contributed by atoms with van der Waals surface area (Å²) in [7, 11) is 1.52. The number of morpholine rings is 1. The quantitative estimate of drug-likeness (QED) is 0.865. The van der Waals surface area contributed by atoms with Crippen LogP contribution in [0.4, 0.5) is 5.69 Å². The zero-order valence-corrected chi connectivity index (χ0v) is 13.5. The zero-order chi connectivity index (χ0) is 16.2. The lowest BCUT2D eigenvalue weighted by molar-refractivity contribution is 0.0397. The van der Waals surface area contributed by atoms with Gasteiger partial charge in [0.1, 0.15) is 17.7 Å². The van der Waals surface area contributed by atoms with Crippen LogP contribution in [0.1, 0.15) is 17.2 Å². The van der Waals surface area contributed by atoms with Gasteiger partial charge < -0.3 is 14.4 Å². The zero-order valence-electron chi connectivity index (χ0n) is 12.7. The Labute approximate surface area is 140 Å². The second kappa shape index (κ2) is 6.86. The van der Waals surface area contributed by atoms with Crippen LogP contribution in [0.3, 0.4) is 0 Å². The number of hydrogen-bond donors (Lipinski definition) is 0. The molecule has 1 aliphatic heterocycles. The highest BCUT2D eigenvalue weighted by atomic mass is 35.5. The van der Waals surface area contributed by atoms with Gasteiger partial charge in [-0.25, -0.2) is 4.98 Å². The van der Waals surface area contributed by atoms with E-state index in [0.29, 0.717) is 36.2 Å². The van der Waals surface area contributed by atoms with Gasteiger partial charge in [-0.1, -0.05) is 23.7 Å². The van der Waals surface area contributed by atoms with E-state index in [-0.39, 0.29) is 6.10 Å². The lowest BCUT2D eigenvalue weighted by Crippen LogP contribution is -2.38. The van der Waals surface area contributed by atoms with Crippen molar-refractivity contribution in [3.05, 3.63) is 52.7 Å². The van der Waals surface area contributed by atoms with Gasteiger partial charge in [0.25, 0.3) is 0 Å². The van der Waals surface area contributed by atoms with Crippen LogP contribution in [0.2, 0.25) is 5.02 Å². The largest absolute Gasteiger partial charge is 0.480 e. The molecule has 0 spiro atoms. The number of rotatable bonds is 3. The van der Waals surface area contributed by atoms with Crippen molar-refractivity contribution in [1.29, 1.82) is 5.26 Å². The first-order valence-electron chi connectivity index (χ1n) is 7.28. The Balaban J connectivity index is 1.87. The van der Waals surface area contributed by atoms with Crippen LogP contribution in [-0.2, 0) is 4.74 Å². The predicted octanol–water partition coefficient (Wildman–Crippen LogP) is 3.19. The van der Waals surface area contributed by atoms with E-state index in [1.165, 1.54) is 7.11 Å². The number of benzene rings is 1. The average Bonchev–Trinajstić information content (AvgIpc) is 2.61. The molecule has 2 aromatic rings. The van der Waals surface area contributed by atoms with Crippen LogP contribution >= 0.6 is 11.6 Å². The van der Waals surface area contributed by atoms with Gasteiger partial charge in [0.2, 0.25) is 5.88 Å². The minimum Gasteiger partial charge on any atom is -0.480 e. The van der Waals surface area contributed by atoms with Gasteiger partial charge in [-0.3, -0.25) is 0 Å². The molecule has 6 heteroatoms. The minimum absolute atomic E-state index is 0.0632. The van der Waals surface area contributed by atoms with Crippen molar-refractivity contribution in [1.82, 2.24) is 4.98 Å². The van der Waals surface area contributed by atoms with E-state index < -0.39 is 0 Å².